The van der Waals surface area contributed by atoms with E-state index in [0.717, 1.165) is 27.8 Å². The van der Waals surface area contributed by atoms with E-state index >= 15 is 0 Å². The molecule has 0 aliphatic rings. The molecule has 2 aromatic carbocycles. The minimum Gasteiger partial charge on any atom is -0.494 e. The fourth-order valence-corrected chi connectivity index (χ4v) is 2.36. The van der Waals surface area contributed by atoms with Crippen molar-refractivity contribution in [2.24, 2.45) is 0 Å². The van der Waals surface area contributed by atoms with Crippen LogP contribution in [0.3, 0.4) is 0 Å². The highest BCUT2D eigenvalue weighted by Gasteiger charge is 2.11. The van der Waals surface area contributed by atoms with E-state index < -0.39 is 6.10 Å². The first-order valence-corrected chi connectivity index (χ1v) is 7.03. The summed E-state index contributed by atoms with van der Waals surface area (Å²) >= 11 is 0. The van der Waals surface area contributed by atoms with E-state index in [9.17, 15) is 5.11 Å². The van der Waals surface area contributed by atoms with Crippen LogP contribution in [-0.2, 0) is 0 Å². The maximum Gasteiger partial charge on any atom is 0.119 e. The Morgan fingerprint density at radius 3 is 2.57 bits per heavy atom. The van der Waals surface area contributed by atoms with E-state index in [1.807, 2.05) is 61.5 Å². The molecule has 0 radical (unpaired) electrons. The van der Waals surface area contributed by atoms with E-state index in [-0.39, 0.29) is 0 Å². The van der Waals surface area contributed by atoms with Crippen molar-refractivity contribution in [3.05, 3.63) is 71.9 Å². The number of aliphatic hydroxyl groups is 1. The minimum absolute atomic E-state index is 0.637. The van der Waals surface area contributed by atoms with Gasteiger partial charge in [-0.2, -0.15) is 0 Å². The highest BCUT2D eigenvalue weighted by atomic mass is 16.5. The van der Waals surface area contributed by atoms with Gasteiger partial charge in [-0.1, -0.05) is 30.3 Å². The third kappa shape index (κ3) is 2.88. The van der Waals surface area contributed by atoms with Gasteiger partial charge in [0, 0.05) is 11.6 Å². The maximum atomic E-state index is 10.5. The average molecular weight is 279 g/mol. The predicted octanol–water partition coefficient (Wildman–Crippen LogP) is 3.72. The van der Waals surface area contributed by atoms with Gasteiger partial charge in [0.05, 0.1) is 12.1 Å². The molecule has 3 rings (SSSR count). The van der Waals surface area contributed by atoms with Crippen LogP contribution in [0.25, 0.3) is 10.9 Å². The lowest BCUT2D eigenvalue weighted by Gasteiger charge is -2.13. The zero-order valence-electron chi connectivity index (χ0n) is 11.9. The fourth-order valence-electron chi connectivity index (χ4n) is 2.36. The Morgan fingerprint density at radius 1 is 1.05 bits per heavy atom. The fraction of sp³-hybridized carbons (Fsp3) is 0.167. The molecule has 0 bridgehead atoms. The molecule has 1 unspecified atom stereocenters. The molecule has 0 amide bonds. The molecule has 21 heavy (non-hydrogen) atoms. The monoisotopic (exact) mass is 279 g/mol. The van der Waals surface area contributed by atoms with Crippen LogP contribution in [0.1, 0.15) is 24.2 Å². The topological polar surface area (TPSA) is 42.4 Å². The molecular formula is C18H17NO2. The zero-order valence-corrected chi connectivity index (χ0v) is 11.9. The van der Waals surface area contributed by atoms with Gasteiger partial charge >= 0.3 is 0 Å². The lowest BCUT2D eigenvalue weighted by atomic mass is 10.00. The van der Waals surface area contributed by atoms with Gasteiger partial charge in [0.2, 0.25) is 0 Å². The minimum atomic E-state index is -0.660. The highest BCUT2D eigenvalue weighted by Crippen LogP contribution is 2.26. The maximum absolute atomic E-state index is 10.5. The summed E-state index contributed by atoms with van der Waals surface area (Å²) in [5.74, 6) is 0.814. The number of hydrogen-bond acceptors (Lipinski definition) is 3. The van der Waals surface area contributed by atoms with Gasteiger partial charge in [-0.25, -0.2) is 0 Å². The molecule has 1 aromatic heterocycles. The first kappa shape index (κ1) is 13.6. The number of pyridine rings is 1. The van der Waals surface area contributed by atoms with Gasteiger partial charge in [-0.3, -0.25) is 4.98 Å². The lowest BCUT2D eigenvalue weighted by Crippen LogP contribution is -2.00. The molecule has 0 saturated carbocycles. The van der Waals surface area contributed by atoms with Gasteiger partial charge in [0.25, 0.3) is 0 Å². The van der Waals surface area contributed by atoms with Crippen LogP contribution in [0.5, 0.6) is 5.75 Å². The summed E-state index contributed by atoms with van der Waals surface area (Å²) in [5, 5.41) is 11.6. The number of rotatable bonds is 4. The normalized spacial score (nSPS) is 12.3. The quantitative estimate of drug-likeness (QED) is 0.791. The van der Waals surface area contributed by atoms with Gasteiger partial charge in [-0.15, -0.1) is 0 Å². The Morgan fingerprint density at radius 2 is 1.81 bits per heavy atom. The molecule has 106 valence electrons. The number of aromatic nitrogens is 1. The van der Waals surface area contributed by atoms with Crippen LogP contribution >= 0.6 is 0 Å². The van der Waals surface area contributed by atoms with Crippen molar-refractivity contribution in [1.29, 1.82) is 0 Å². The van der Waals surface area contributed by atoms with Crippen LogP contribution in [-0.4, -0.2) is 16.7 Å². The van der Waals surface area contributed by atoms with Crippen LogP contribution in [0.4, 0.5) is 0 Å². The lowest BCUT2D eigenvalue weighted by molar-refractivity contribution is 0.220. The van der Waals surface area contributed by atoms with Gasteiger partial charge in [0.15, 0.2) is 0 Å². The summed E-state index contributed by atoms with van der Waals surface area (Å²) in [7, 11) is 0. The summed E-state index contributed by atoms with van der Waals surface area (Å²) in [6.45, 7) is 2.59. The number of ether oxygens (including phenoxy) is 1. The molecule has 3 aromatic rings. The Labute approximate surface area is 123 Å². The van der Waals surface area contributed by atoms with E-state index in [0.29, 0.717) is 6.61 Å². The largest absolute Gasteiger partial charge is 0.494 e. The van der Waals surface area contributed by atoms with Gasteiger partial charge in [-0.05, 0) is 42.3 Å². The second-order valence-corrected chi connectivity index (χ2v) is 4.86. The summed E-state index contributed by atoms with van der Waals surface area (Å²) in [4.78, 5) is 4.33. The Balaban J connectivity index is 1.90. The van der Waals surface area contributed by atoms with Crippen LogP contribution in [0, 0.1) is 0 Å². The third-order valence-electron chi connectivity index (χ3n) is 3.45. The number of aliphatic hydroxyl groups excluding tert-OH is 1. The molecule has 3 heteroatoms. The molecule has 1 heterocycles. The Bertz CT molecular complexity index is 738. The van der Waals surface area contributed by atoms with Crippen molar-refractivity contribution in [2.45, 2.75) is 13.0 Å². The summed E-state index contributed by atoms with van der Waals surface area (Å²) in [5.41, 5.74) is 2.57. The number of benzene rings is 2. The molecule has 1 atom stereocenters. The summed E-state index contributed by atoms with van der Waals surface area (Å²) in [6, 6.07) is 17.3. The van der Waals surface area contributed by atoms with Crippen LogP contribution < -0.4 is 4.74 Å². The van der Waals surface area contributed by atoms with Gasteiger partial charge < -0.3 is 9.84 Å². The second-order valence-electron chi connectivity index (χ2n) is 4.86. The molecule has 0 saturated heterocycles. The van der Waals surface area contributed by atoms with Crippen LogP contribution in [0.2, 0.25) is 0 Å². The molecule has 0 aliphatic heterocycles. The highest BCUT2D eigenvalue weighted by molar-refractivity contribution is 5.79. The Kier molecular flexibility index (Phi) is 3.84. The second kappa shape index (κ2) is 5.94. The molecule has 1 N–H and O–H groups in total. The molecule has 0 aliphatic carbocycles. The number of fused-ring (bicyclic) bond motifs is 1. The smallest absolute Gasteiger partial charge is 0.119 e. The Hall–Kier alpha value is -2.39. The van der Waals surface area contributed by atoms with E-state index in [1.165, 1.54) is 0 Å². The SMILES string of the molecule is CCOc1ccc(C(O)c2ccc3cccnc3c2)cc1. The van der Waals surface area contributed by atoms with Crippen molar-refractivity contribution < 1.29 is 9.84 Å². The van der Waals surface area contributed by atoms with Crippen molar-refractivity contribution in [3.8, 4) is 5.75 Å². The van der Waals surface area contributed by atoms with Crippen molar-refractivity contribution >= 4 is 10.9 Å². The van der Waals surface area contributed by atoms with Gasteiger partial charge in [0.1, 0.15) is 11.9 Å². The summed E-state index contributed by atoms with van der Waals surface area (Å²) < 4.78 is 5.41. The number of hydrogen-bond donors (Lipinski definition) is 1. The van der Waals surface area contributed by atoms with E-state index in [1.54, 1.807) is 6.20 Å². The first-order chi connectivity index (χ1) is 10.3. The van der Waals surface area contributed by atoms with Crippen molar-refractivity contribution in [2.75, 3.05) is 6.61 Å². The van der Waals surface area contributed by atoms with E-state index in [2.05, 4.69) is 4.98 Å². The molecule has 0 fully saturated rings. The summed E-state index contributed by atoms with van der Waals surface area (Å²) in [6.07, 6.45) is 1.10. The number of nitrogens with zero attached hydrogens (tertiary/aromatic N) is 1. The van der Waals surface area contributed by atoms with Crippen LogP contribution in [0.15, 0.2) is 60.8 Å². The zero-order chi connectivity index (χ0) is 14.7. The molecule has 3 nitrogen and oxygen atoms in total. The molecule has 0 spiro atoms. The van der Waals surface area contributed by atoms with Crippen molar-refractivity contribution in [3.63, 3.8) is 0 Å². The predicted molar refractivity (Wildman–Crippen MR) is 83.4 cm³/mol. The van der Waals surface area contributed by atoms with Crippen molar-refractivity contribution in [1.82, 2.24) is 4.98 Å². The third-order valence-corrected chi connectivity index (χ3v) is 3.45. The first-order valence-electron chi connectivity index (χ1n) is 7.03. The molecular weight excluding hydrogens is 262 g/mol. The average Bonchev–Trinajstić information content (AvgIpc) is 2.55. The standard InChI is InChI=1S/C18H17NO2/c1-2-21-16-9-7-14(8-10-16)18(20)15-6-5-13-4-3-11-19-17(13)12-15/h3-12,18,20H,2H2,1H3. The van der Waals surface area contributed by atoms with E-state index in [4.69, 9.17) is 4.74 Å².